The van der Waals surface area contributed by atoms with E-state index in [1.807, 2.05) is 18.4 Å². The summed E-state index contributed by atoms with van der Waals surface area (Å²) in [5, 5.41) is 0.746. The predicted molar refractivity (Wildman–Crippen MR) is 57.5 cm³/mol. The molecule has 0 aliphatic carbocycles. The van der Waals surface area contributed by atoms with Crippen LogP contribution in [0, 0.1) is 0 Å². The number of methoxy groups -OCH3 is 1. The SMILES string of the molecule is COc1ccc(Cl)c(SC)c1Br. The molecule has 4 heteroatoms. The Morgan fingerprint density at radius 2 is 2.17 bits per heavy atom. The Morgan fingerprint density at radius 3 is 2.67 bits per heavy atom. The van der Waals surface area contributed by atoms with E-state index in [1.165, 1.54) is 0 Å². The highest BCUT2D eigenvalue weighted by atomic mass is 79.9. The Kier molecular flexibility index (Phi) is 3.75. The minimum absolute atomic E-state index is 0.746. The van der Waals surface area contributed by atoms with Crippen LogP contribution in [0.3, 0.4) is 0 Å². The maximum absolute atomic E-state index is 5.95. The van der Waals surface area contributed by atoms with Gasteiger partial charge in [-0.2, -0.15) is 0 Å². The molecular formula is C8H8BrClOS. The third kappa shape index (κ3) is 1.90. The molecule has 0 N–H and O–H groups in total. The van der Waals surface area contributed by atoms with Gasteiger partial charge in [0.2, 0.25) is 0 Å². The van der Waals surface area contributed by atoms with Crippen molar-refractivity contribution in [3.8, 4) is 5.75 Å². The van der Waals surface area contributed by atoms with Crippen LogP contribution < -0.4 is 4.74 Å². The van der Waals surface area contributed by atoms with Crippen molar-refractivity contribution >= 4 is 39.3 Å². The van der Waals surface area contributed by atoms with Gasteiger partial charge in [-0.3, -0.25) is 0 Å². The second kappa shape index (κ2) is 4.40. The average Bonchev–Trinajstić information content (AvgIpc) is 2.06. The summed E-state index contributed by atoms with van der Waals surface area (Å²) in [6, 6.07) is 3.67. The van der Waals surface area contributed by atoms with Crippen molar-refractivity contribution in [2.45, 2.75) is 4.90 Å². The van der Waals surface area contributed by atoms with Crippen LogP contribution in [0.25, 0.3) is 0 Å². The lowest BCUT2D eigenvalue weighted by Crippen LogP contribution is -1.86. The molecule has 0 aliphatic rings. The number of hydrogen-bond acceptors (Lipinski definition) is 2. The minimum atomic E-state index is 0.746. The second-order valence-electron chi connectivity index (χ2n) is 2.10. The fourth-order valence-electron chi connectivity index (χ4n) is 0.859. The molecule has 0 aromatic heterocycles. The Balaban J connectivity index is 3.24. The molecule has 0 atom stereocenters. The van der Waals surface area contributed by atoms with E-state index in [1.54, 1.807) is 18.9 Å². The number of thioether (sulfide) groups is 1. The van der Waals surface area contributed by atoms with Crippen molar-refractivity contribution in [1.29, 1.82) is 0 Å². The molecule has 0 heterocycles. The lowest BCUT2D eigenvalue weighted by molar-refractivity contribution is 0.411. The molecule has 0 amide bonds. The molecule has 1 rings (SSSR count). The van der Waals surface area contributed by atoms with Gasteiger partial charge in [0.1, 0.15) is 5.75 Å². The highest BCUT2D eigenvalue weighted by Gasteiger charge is 2.08. The van der Waals surface area contributed by atoms with Crippen LogP contribution >= 0.6 is 39.3 Å². The van der Waals surface area contributed by atoms with Gasteiger partial charge in [0.05, 0.1) is 16.6 Å². The Labute approximate surface area is 89.6 Å². The van der Waals surface area contributed by atoms with Gasteiger partial charge in [-0.15, -0.1) is 11.8 Å². The van der Waals surface area contributed by atoms with Crippen molar-refractivity contribution < 1.29 is 4.74 Å². The Hall–Kier alpha value is 0.140. The highest BCUT2D eigenvalue weighted by molar-refractivity contribution is 9.10. The van der Waals surface area contributed by atoms with Gasteiger partial charge in [0.15, 0.2) is 0 Å². The van der Waals surface area contributed by atoms with Gasteiger partial charge >= 0.3 is 0 Å². The quantitative estimate of drug-likeness (QED) is 0.753. The molecule has 0 unspecified atom stereocenters. The first kappa shape index (κ1) is 10.2. The molecule has 0 spiro atoms. The molecule has 1 aromatic carbocycles. The van der Waals surface area contributed by atoms with Crippen LogP contribution in [0.1, 0.15) is 0 Å². The summed E-state index contributed by atoms with van der Waals surface area (Å²) in [6.45, 7) is 0. The van der Waals surface area contributed by atoms with Gasteiger partial charge in [-0.1, -0.05) is 11.6 Å². The van der Waals surface area contributed by atoms with Crippen molar-refractivity contribution in [1.82, 2.24) is 0 Å². The summed E-state index contributed by atoms with van der Waals surface area (Å²) in [5.41, 5.74) is 0. The van der Waals surface area contributed by atoms with Gasteiger partial charge in [-0.05, 0) is 34.3 Å². The third-order valence-electron chi connectivity index (χ3n) is 1.44. The Bertz CT molecular complexity index is 291. The average molecular weight is 268 g/mol. The second-order valence-corrected chi connectivity index (χ2v) is 4.11. The monoisotopic (exact) mass is 266 g/mol. The number of rotatable bonds is 2. The van der Waals surface area contributed by atoms with E-state index in [0.717, 1.165) is 20.1 Å². The largest absolute Gasteiger partial charge is 0.496 e. The molecule has 1 aromatic rings. The fourth-order valence-corrected chi connectivity index (χ4v) is 2.90. The van der Waals surface area contributed by atoms with Crippen LogP contribution in [0.2, 0.25) is 5.02 Å². The molecule has 0 bridgehead atoms. The number of halogens is 2. The van der Waals surface area contributed by atoms with Crippen LogP contribution in [-0.4, -0.2) is 13.4 Å². The molecule has 0 fully saturated rings. The first-order valence-electron chi connectivity index (χ1n) is 3.26. The maximum atomic E-state index is 5.95. The van der Waals surface area contributed by atoms with E-state index < -0.39 is 0 Å². The zero-order chi connectivity index (χ0) is 9.14. The smallest absolute Gasteiger partial charge is 0.134 e. The summed E-state index contributed by atoms with van der Waals surface area (Å²) in [4.78, 5) is 1.01. The molecule has 12 heavy (non-hydrogen) atoms. The van der Waals surface area contributed by atoms with E-state index in [9.17, 15) is 0 Å². The van der Waals surface area contributed by atoms with Crippen molar-refractivity contribution in [2.75, 3.05) is 13.4 Å². The fraction of sp³-hybridized carbons (Fsp3) is 0.250. The van der Waals surface area contributed by atoms with Gasteiger partial charge in [0.25, 0.3) is 0 Å². The van der Waals surface area contributed by atoms with E-state index in [4.69, 9.17) is 16.3 Å². The van der Waals surface area contributed by atoms with Crippen molar-refractivity contribution in [3.05, 3.63) is 21.6 Å². The molecule has 1 nitrogen and oxygen atoms in total. The zero-order valence-electron chi connectivity index (χ0n) is 6.73. The van der Waals surface area contributed by atoms with Gasteiger partial charge in [0, 0.05) is 4.90 Å². The van der Waals surface area contributed by atoms with E-state index in [2.05, 4.69) is 15.9 Å². The molecule has 0 radical (unpaired) electrons. The first-order chi connectivity index (χ1) is 5.70. The van der Waals surface area contributed by atoms with Crippen molar-refractivity contribution in [2.24, 2.45) is 0 Å². The third-order valence-corrected chi connectivity index (χ3v) is 3.75. The standard InChI is InChI=1S/C8H8BrClOS/c1-11-6-4-3-5(10)8(12-2)7(6)9/h3-4H,1-2H3. The Morgan fingerprint density at radius 1 is 1.50 bits per heavy atom. The molecule has 0 saturated carbocycles. The number of hydrogen-bond donors (Lipinski definition) is 0. The maximum Gasteiger partial charge on any atom is 0.134 e. The molecular weight excluding hydrogens is 260 g/mol. The van der Waals surface area contributed by atoms with E-state index in [0.29, 0.717) is 0 Å². The summed E-state index contributed by atoms with van der Waals surface area (Å²) >= 11 is 11.0. The highest BCUT2D eigenvalue weighted by Crippen LogP contribution is 2.38. The van der Waals surface area contributed by atoms with E-state index >= 15 is 0 Å². The zero-order valence-corrected chi connectivity index (χ0v) is 9.89. The number of ether oxygens (including phenoxy) is 1. The van der Waals surface area contributed by atoms with Crippen LogP contribution in [0.4, 0.5) is 0 Å². The molecule has 0 saturated heterocycles. The van der Waals surface area contributed by atoms with Crippen LogP contribution in [0.5, 0.6) is 5.75 Å². The normalized spacial score (nSPS) is 10.0. The molecule has 0 aliphatic heterocycles. The molecule has 66 valence electrons. The van der Waals surface area contributed by atoms with Gasteiger partial charge < -0.3 is 4.74 Å². The lowest BCUT2D eigenvalue weighted by Gasteiger charge is -2.08. The van der Waals surface area contributed by atoms with Crippen LogP contribution in [-0.2, 0) is 0 Å². The minimum Gasteiger partial charge on any atom is -0.496 e. The lowest BCUT2D eigenvalue weighted by atomic mass is 10.3. The van der Waals surface area contributed by atoms with Crippen molar-refractivity contribution in [3.63, 3.8) is 0 Å². The summed E-state index contributed by atoms with van der Waals surface area (Å²) in [5.74, 6) is 0.809. The summed E-state index contributed by atoms with van der Waals surface area (Å²) < 4.78 is 6.04. The van der Waals surface area contributed by atoms with Gasteiger partial charge in [-0.25, -0.2) is 0 Å². The van der Waals surface area contributed by atoms with Crippen LogP contribution in [0.15, 0.2) is 21.5 Å². The van der Waals surface area contributed by atoms with E-state index in [-0.39, 0.29) is 0 Å². The predicted octanol–water partition coefficient (Wildman–Crippen LogP) is 3.83. The summed E-state index contributed by atoms with van der Waals surface area (Å²) in [6.07, 6.45) is 1.98. The topological polar surface area (TPSA) is 9.23 Å². The summed E-state index contributed by atoms with van der Waals surface area (Å²) in [7, 11) is 1.64. The first-order valence-corrected chi connectivity index (χ1v) is 5.66. The number of benzene rings is 1.